The van der Waals surface area contributed by atoms with Crippen LogP contribution in [0, 0.1) is 11.7 Å². The standard InChI is InChI=1S/C16H15N3O2S2/c1-3-21-15(20)12-9(2)11-13(17)19(10-7-5-4-6-8-10)16(22)18-14(11)23-12/h4-8H,3,17H2,1-2H3. The summed E-state index contributed by atoms with van der Waals surface area (Å²) in [5.74, 6) is 0.125. The van der Waals surface area contributed by atoms with Crippen molar-refractivity contribution in [2.45, 2.75) is 13.8 Å². The van der Waals surface area contributed by atoms with Gasteiger partial charge in [0.1, 0.15) is 15.5 Å². The van der Waals surface area contributed by atoms with Crippen molar-refractivity contribution in [3.8, 4) is 5.69 Å². The van der Waals surface area contributed by atoms with E-state index in [-0.39, 0.29) is 5.97 Å². The van der Waals surface area contributed by atoms with Crippen LogP contribution >= 0.6 is 23.6 Å². The highest BCUT2D eigenvalue weighted by atomic mass is 32.1. The van der Waals surface area contributed by atoms with E-state index in [9.17, 15) is 4.79 Å². The molecule has 2 heterocycles. The summed E-state index contributed by atoms with van der Waals surface area (Å²) >= 11 is 6.64. The number of anilines is 1. The molecule has 0 saturated carbocycles. The highest BCUT2D eigenvalue weighted by Gasteiger charge is 2.21. The molecule has 0 saturated heterocycles. The third-order valence-electron chi connectivity index (χ3n) is 3.49. The number of carbonyl (C=O) groups excluding carboxylic acids is 1. The molecule has 0 aliphatic heterocycles. The summed E-state index contributed by atoms with van der Waals surface area (Å²) in [5, 5.41) is 0.746. The zero-order chi connectivity index (χ0) is 16.6. The molecule has 0 aliphatic carbocycles. The van der Waals surface area contributed by atoms with Gasteiger partial charge in [-0.1, -0.05) is 18.2 Å². The summed E-state index contributed by atoms with van der Waals surface area (Å²) in [6.45, 7) is 3.95. The van der Waals surface area contributed by atoms with Crippen molar-refractivity contribution < 1.29 is 9.53 Å². The second-order valence-electron chi connectivity index (χ2n) is 4.91. The summed E-state index contributed by atoms with van der Waals surface area (Å²) < 4.78 is 7.17. The van der Waals surface area contributed by atoms with Crippen molar-refractivity contribution in [1.29, 1.82) is 0 Å². The first-order chi connectivity index (χ1) is 11.0. The number of nitrogens with zero attached hydrogens (tertiary/aromatic N) is 2. The van der Waals surface area contributed by atoms with Crippen molar-refractivity contribution in [3.05, 3.63) is 45.5 Å². The van der Waals surface area contributed by atoms with E-state index in [0.29, 0.717) is 26.9 Å². The molecule has 3 rings (SSSR count). The molecule has 0 spiro atoms. The fourth-order valence-electron chi connectivity index (χ4n) is 2.45. The Labute approximate surface area is 142 Å². The number of nitrogen functional groups attached to an aromatic ring is 1. The second kappa shape index (κ2) is 6.10. The molecule has 3 aromatic rings. The number of fused-ring (bicyclic) bond motifs is 1. The Morgan fingerprint density at radius 2 is 2.09 bits per heavy atom. The van der Waals surface area contributed by atoms with Crippen LogP contribution < -0.4 is 5.73 Å². The first-order valence-corrected chi connectivity index (χ1v) is 8.31. The monoisotopic (exact) mass is 345 g/mol. The second-order valence-corrected chi connectivity index (χ2v) is 6.27. The van der Waals surface area contributed by atoms with Crippen molar-refractivity contribution in [2.75, 3.05) is 12.3 Å². The SMILES string of the molecule is CCOC(=O)c1sc2nc(=S)n(-c3ccccc3)c(N)c2c1C. The van der Waals surface area contributed by atoms with Gasteiger partial charge in [-0.15, -0.1) is 11.3 Å². The minimum atomic E-state index is -0.357. The molecule has 0 atom stereocenters. The molecule has 2 N–H and O–H groups in total. The molecule has 0 bridgehead atoms. The maximum Gasteiger partial charge on any atom is 0.348 e. The van der Waals surface area contributed by atoms with E-state index < -0.39 is 0 Å². The van der Waals surface area contributed by atoms with Crippen LogP contribution in [0.3, 0.4) is 0 Å². The number of aromatic nitrogens is 2. The maximum atomic E-state index is 12.1. The molecule has 1 aromatic carbocycles. The molecule has 5 nitrogen and oxygen atoms in total. The van der Waals surface area contributed by atoms with Crippen LogP contribution in [0.25, 0.3) is 15.9 Å². The quantitative estimate of drug-likeness (QED) is 0.576. The van der Waals surface area contributed by atoms with Crippen LogP contribution in [0.5, 0.6) is 0 Å². The maximum absolute atomic E-state index is 12.1. The van der Waals surface area contributed by atoms with Gasteiger partial charge in [-0.3, -0.25) is 4.57 Å². The Bertz CT molecular complexity index is 945. The van der Waals surface area contributed by atoms with Gasteiger partial charge in [-0.05, 0) is 43.8 Å². The lowest BCUT2D eigenvalue weighted by atomic mass is 10.2. The van der Waals surface area contributed by atoms with Crippen molar-refractivity contribution >= 4 is 45.6 Å². The van der Waals surface area contributed by atoms with Crippen LogP contribution in [0.15, 0.2) is 30.3 Å². The van der Waals surface area contributed by atoms with Gasteiger partial charge in [0, 0.05) is 5.69 Å². The number of nitrogens with two attached hydrogens (primary N) is 1. The summed E-state index contributed by atoms with van der Waals surface area (Å²) in [7, 11) is 0. The fraction of sp³-hybridized carbons (Fsp3) is 0.188. The van der Waals surface area contributed by atoms with Crippen LogP contribution in [0.4, 0.5) is 5.82 Å². The summed E-state index contributed by atoms with van der Waals surface area (Å²) in [5.41, 5.74) is 7.96. The average Bonchev–Trinajstić information content (AvgIpc) is 2.85. The number of thiophene rings is 1. The van der Waals surface area contributed by atoms with E-state index in [1.165, 1.54) is 11.3 Å². The molecule has 0 aliphatic rings. The summed E-state index contributed by atoms with van der Waals surface area (Å²) in [4.78, 5) is 17.7. The van der Waals surface area contributed by atoms with E-state index in [2.05, 4.69) is 4.98 Å². The minimum absolute atomic E-state index is 0.325. The molecule has 2 aromatic heterocycles. The summed E-state index contributed by atoms with van der Waals surface area (Å²) in [6, 6.07) is 9.56. The molecule has 0 unspecified atom stereocenters. The number of carbonyl (C=O) groups is 1. The number of esters is 1. The molecule has 0 radical (unpaired) electrons. The lowest BCUT2D eigenvalue weighted by molar-refractivity contribution is 0.0531. The van der Waals surface area contributed by atoms with Crippen LogP contribution in [0.2, 0.25) is 0 Å². The minimum Gasteiger partial charge on any atom is -0.462 e. The zero-order valence-electron chi connectivity index (χ0n) is 12.7. The zero-order valence-corrected chi connectivity index (χ0v) is 14.3. The first kappa shape index (κ1) is 15.6. The molecule has 0 fully saturated rings. The highest BCUT2D eigenvalue weighted by molar-refractivity contribution is 7.71. The van der Waals surface area contributed by atoms with E-state index in [1.807, 2.05) is 37.3 Å². The van der Waals surface area contributed by atoms with Crippen LogP contribution in [-0.2, 0) is 4.74 Å². The van der Waals surface area contributed by atoms with Gasteiger partial charge >= 0.3 is 5.97 Å². The number of ether oxygens (including phenoxy) is 1. The van der Waals surface area contributed by atoms with Gasteiger partial charge in [0.2, 0.25) is 4.77 Å². The van der Waals surface area contributed by atoms with Crippen molar-refractivity contribution in [3.63, 3.8) is 0 Å². The number of hydrogen-bond donors (Lipinski definition) is 1. The molecule has 23 heavy (non-hydrogen) atoms. The Kier molecular flexibility index (Phi) is 4.14. The number of benzene rings is 1. The Balaban J connectivity index is 2.29. The number of hydrogen-bond acceptors (Lipinski definition) is 6. The lowest BCUT2D eigenvalue weighted by Crippen LogP contribution is -2.07. The lowest BCUT2D eigenvalue weighted by Gasteiger charge is -2.11. The van der Waals surface area contributed by atoms with E-state index in [4.69, 9.17) is 22.7 Å². The molecule has 0 amide bonds. The molecule has 118 valence electrons. The Morgan fingerprint density at radius 1 is 1.39 bits per heavy atom. The molecule has 7 heteroatoms. The topological polar surface area (TPSA) is 70.1 Å². The van der Waals surface area contributed by atoms with Gasteiger partial charge in [-0.2, -0.15) is 0 Å². The number of aryl methyl sites for hydroxylation is 1. The summed E-state index contributed by atoms with van der Waals surface area (Å²) in [6.07, 6.45) is 0. The van der Waals surface area contributed by atoms with Crippen molar-refractivity contribution in [1.82, 2.24) is 9.55 Å². The van der Waals surface area contributed by atoms with Gasteiger partial charge in [0.15, 0.2) is 0 Å². The molecular formula is C16H15N3O2S2. The number of para-hydroxylation sites is 1. The first-order valence-electron chi connectivity index (χ1n) is 7.08. The third-order valence-corrected chi connectivity index (χ3v) is 4.93. The fourth-order valence-corrected chi connectivity index (χ4v) is 3.88. The molecular weight excluding hydrogens is 330 g/mol. The predicted molar refractivity (Wildman–Crippen MR) is 94.9 cm³/mol. The van der Waals surface area contributed by atoms with Gasteiger partial charge in [-0.25, -0.2) is 9.78 Å². The number of rotatable bonds is 3. The van der Waals surface area contributed by atoms with Crippen LogP contribution in [-0.4, -0.2) is 22.1 Å². The predicted octanol–water partition coefficient (Wildman–Crippen LogP) is 3.88. The smallest absolute Gasteiger partial charge is 0.348 e. The Morgan fingerprint density at radius 3 is 2.74 bits per heavy atom. The van der Waals surface area contributed by atoms with E-state index in [0.717, 1.165) is 16.6 Å². The normalized spacial score (nSPS) is 10.9. The third kappa shape index (κ3) is 2.62. The van der Waals surface area contributed by atoms with Gasteiger partial charge in [0.05, 0.1) is 12.0 Å². The van der Waals surface area contributed by atoms with Crippen LogP contribution in [0.1, 0.15) is 22.2 Å². The van der Waals surface area contributed by atoms with Gasteiger partial charge < -0.3 is 10.5 Å². The van der Waals surface area contributed by atoms with Gasteiger partial charge in [0.25, 0.3) is 0 Å². The largest absolute Gasteiger partial charge is 0.462 e. The Hall–Kier alpha value is -2.25. The van der Waals surface area contributed by atoms with E-state index in [1.54, 1.807) is 11.5 Å². The van der Waals surface area contributed by atoms with Crippen molar-refractivity contribution in [2.24, 2.45) is 0 Å². The average molecular weight is 345 g/mol. The van der Waals surface area contributed by atoms with E-state index >= 15 is 0 Å². The highest BCUT2D eigenvalue weighted by Crippen LogP contribution is 2.34.